The summed E-state index contributed by atoms with van der Waals surface area (Å²) in [5.41, 5.74) is 10.5. The summed E-state index contributed by atoms with van der Waals surface area (Å²) < 4.78 is 40.0. The molecule has 0 fully saturated rings. The number of halogens is 2. The first-order valence-corrected chi connectivity index (χ1v) is 10.6. The van der Waals surface area contributed by atoms with Crippen LogP contribution < -0.4 is 16.6 Å². The number of aromatic amines is 1. The number of benzene rings is 2. The van der Waals surface area contributed by atoms with Gasteiger partial charge in [0.05, 0.1) is 26.7 Å². The minimum atomic E-state index is -3.84. The van der Waals surface area contributed by atoms with Gasteiger partial charge in [0, 0.05) is 11.7 Å². The number of carbonyl (C=O) groups is 2. The van der Waals surface area contributed by atoms with Gasteiger partial charge in [0.25, 0.3) is 0 Å². The second-order valence-electron chi connectivity index (χ2n) is 6.51. The number of sulfone groups is 1. The lowest BCUT2D eigenvalue weighted by molar-refractivity contribution is -0.117. The van der Waals surface area contributed by atoms with E-state index >= 15 is 0 Å². The van der Waals surface area contributed by atoms with E-state index in [1.54, 1.807) is 23.6 Å². The molecule has 1 heterocycles. The summed E-state index contributed by atoms with van der Waals surface area (Å²) in [6, 6.07) is 7.98. The molecular weight excluding hydrogens is 451 g/mol. The molecule has 0 aliphatic carbocycles. The molecule has 0 saturated carbocycles. The maximum absolute atomic E-state index is 14.3. The van der Waals surface area contributed by atoms with Gasteiger partial charge in [0.2, 0.25) is 15.7 Å². The monoisotopic (exact) mass is 470 g/mol. The predicted octanol–water partition coefficient (Wildman–Crippen LogP) is 2.65. The zero-order valence-electron chi connectivity index (χ0n) is 16.5. The van der Waals surface area contributed by atoms with Crippen LogP contribution in [0.4, 0.5) is 9.18 Å². The highest BCUT2D eigenvalue weighted by Gasteiger charge is 2.25. The summed E-state index contributed by atoms with van der Waals surface area (Å²) in [6.07, 6.45) is 0.0492. The lowest BCUT2D eigenvalue weighted by Gasteiger charge is -2.07. The number of amides is 2. The number of aromatic nitrogens is 1. The molecule has 0 aliphatic rings. The average molecular weight is 471 g/mol. The van der Waals surface area contributed by atoms with Gasteiger partial charge in [0.1, 0.15) is 0 Å². The van der Waals surface area contributed by atoms with Crippen LogP contribution in [0.15, 0.2) is 46.3 Å². The number of nitrogens with one attached hydrogen (secondary N) is 3. The van der Waals surface area contributed by atoms with Gasteiger partial charge in [-0.2, -0.15) is 0 Å². The fraction of sp³-hybridized carbons (Fsp3) is 0.158. The molecule has 0 atom stereocenters. The van der Waals surface area contributed by atoms with E-state index in [0.717, 1.165) is 11.1 Å². The zero-order chi connectivity index (χ0) is 23.3. The summed E-state index contributed by atoms with van der Waals surface area (Å²) in [4.78, 5) is 22.4. The van der Waals surface area contributed by atoms with Gasteiger partial charge in [0.15, 0.2) is 5.82 Å². The average Bonchev–Trinajstić information content (AvgIpc) is 3.09. The Hall–Kier alpha value is -3.15. The molecule has 166 valence electrons. The Balaban J connectivity index is 0.000000323. The molecular formula is C19H20ClFN4O5S. The van der Waals surface area contributed by atoms with Crippen molar-refractivity contribution in [2.45, 2.75) is 23.6 Å². The van der Waals surface area contributed by atoms with E-state index in [1.807, 2.05) is 19.9 Å². The Kier molecular flexibility index (Phi) is 7.60. The lowest BCUT2D eigenvalue weighted by Crippen LogP contribution is -2.41. The topological polar surface area (TPSA) is 154 Å². The highest BCUT2D eigenvalue weighted by molar-refractivity contribution is 7.91. The van der Waals surface area contributed by atoms with Crippen molar-refractivity contribution in [3.05, 3.63) is 58.5 Å². The van der Waals surface area contributed by atoms with Gasteiger partial charge < -0.3 is 15.8 Å². The third-order valence-corrected chi connectivity index (χ3v) is 6.00. The van der Waals surface area contributed by atoms with E-state index in [1.165, 1.54) is 12.3 Å². The molecule has 9 nitrogen and oxygen atoms in total. The number of hydrogen-bond acceptors (Lipinski definition) is 5. The number of hydrogen-bond donors (Lipinski definition) is 5. The Morgan fingerprint density at radius 1 is 1.19 bits per heavy atom. The lowest BCUT2D eigenvalue weighted by atomic mass is 10.2. The first kappa shape index (κ1) is 24.1. The molecule has 0 spiro atoms. The van der Waals surface area contributed by atoms with Crippen molar-refractivity contribution >= 4 is 44.3 Å². The van der Waals surface area contributed by atoms with Gasteiger partial charge in [-0.1, -0.05) is 17.7 Å². The third kappa shape index (κ3) is 5.94. The third-order valence-electron chi connectivity index (χ3n) is 3.95. The van der Waals surface area contributed by atoms with E-state index in [2.05, 4.69) is 16.1 Å². The van der Waals surface area contributed by atoms with E-state index in [4.69, 9.17) is 16.7 Å². The van der Waals surface area contributed by atoms with Gasteiger partial charge in [-0.25, -0.2) is 23.0 Å². The number of primary amides is 1. The molecule has 0 bridgehead atoms. The molecule has 31 heavy (non-hydrogen) atoms. The molecule has 0 unspecified atom stereocenters. The van der Waals surface area contributed by atoms with E-state index < -0.39 is 27.7 Å². The van der Waals surface area contributed by atoms with Crippen LogP contribution in [0.1, 0.15) is 11.1 Å². The van der Waals surface area contributed by atoms with Crippen LogP contribution in [0, 0.1) is 19.7 Å². The Labute approximate surface area is 182 Å². The molecule has 12 heteroatoms. The molecule has 3 aromatic rings. The second-order valence-corrected chi connectivity index (χ2v) is 8.84. The van der Waals surface area contributed by atoms with Crippen molar-refractivity contribution in [1.82, 2.24) is 15.8 Å². The number of aryl methyl sites for hydroxylation is 2. The van der Waals surface area contributed by atoms with Crippen molar-refractivity contribution in [2.75, 3.05) is 6.54 Å². The van der Waals surface area contributed by atoms with E-state index in [9.17, 15) is 22.4 Å². The first-order chi connectivity index (χ1) is 14.4. The maximum Gasteiger partial charge on any atom is 0.419 e. The van der Waals surface area contributed by atoms with Crippen molar-refractivity contribution in [3.8, 4) is 0 Å². The van der Waals surface area contributed by atoms with Crippen LogP contribution >= 0.6 is 11.6 Å². The summed E-state index contributed by atoms with van der Waals surface area (Å²) in [5, 5.41) is 7.79. The first-order valence-electron chi connectivity index (χ1n) is 8.72. The number of hydrazine groups is 1. The van der Waals surface area contributed by atoms with Crippen LogP contribution in [0.25, 0.3) is 10.9 Å². The smallest absolute Gasteiger partial charge is 0.419 e. The van der Waals surface area contributed by atoms with Crippen molar-refractivity contribution in [1.29, 1.82) is 0 Å². The minimum absolute atomic E-state index is 0.00772. The Morgan fingerprint density at radius 2 is 1.81 bits per heavy atom. The second kappa shape index (κ2) is 9.77. The predicted molar refractivity (Wildman–Crippen MR) is 113 cm³/mol. The van der Waals surface area contributed by atoms with Crippen LogP contribution in [0.2, 0.25) is 5.02 Å². The zero-order valence-corrected chi connectivity index (χ0v) is 18.1. The number of nitrogens with two attached hydrogens (primary N) is 1. The summed E-state index contributed by atoms with van der Waals surface area (Å²) >= 11 is 5.78. The standard InChI is InChI=1S/C16H13ClFNO2S.C3H7N3O3/c1-9-5-10(2)7-11(6-9)22(20,21)14-8-19-13-4-3-12(17)16(18)15(13)14;4-2(7)1-5-6-3(8)9/h3-8,19H,1-2H3;5-6H,1H2,(H2,4,7)(H,8,9). The molecule has 2 aromatic carbocycles. The van der Waals surface area contributed by atoms with E-state index in [-0.39, 0.29) is 26.7 Å². The van der Waals surface area contributed by atoms with Crippen LogP contribution in [0.3, 0.4) is 0 Å². The highest BCUT2D eigenvalue weighted by Crippen LogP contribution is 2.33. The van der Waals surface area contributed by atoms with Crippen LogP contribution in [-0.4, -0.2) is 37.1 Å². The SMILES string of the molecule is Cc1cc(C)cc(S(=O)(=O)c2c[nH]c3ccc(Cl)c(F)c23)c1.NC(=O)CNNC(=O)O. The molecule has 2 amide bonds. The molecule has 3 rings (SSSR count). The quantitative estimate of drug-likeness (QED) is 0.361. The van der Waals surface area contributed by atoms with Gasteiger partial charge in [-0.15, -0.1) is 0 Å². The summed E-state index contributed by atoms with van der Waals surface area (Å²) in [7, 11) is -3.84. The number of carboxylic acid groups (broad SMARTS) is 1. The van der Waals surface area contributed by atoms with Gasteiger partial charge in [-0.05, 0) is 49.2 Å². The number of fused-ring (bicyclic) bond motifs is 1. The fourth-order valence-electron chi connectivity index (χ4n) is 2.76. The largest absolute Gasteiger partial charge is 0.464 e. The van der Waals surface area contributed by atoms with Gasteiger partial charge in [-0.3, -0.25) is 10.2 Å². The minimum Gasteiger partial charge on any atom is -0.464 e. The highest BCUT2D eigenvalue weighted by atomic mass is 35.5. The molecule has 1 aromatic heterocycles. The van der Waals surface area contributed by atoms with Crippen molar-refractivity contribution in [3.63, 3.8) is 0 Å². The Bertz CT molecular complexity index is 1210. The molecule has 0 aliphatic heterocycles. The number of H-pyrrole nitrogens is 1. The normalized spacial score (nSPS) is 11.0. The van der Waals surface area contributed by atoms with Gasteiger partial charge >= 0.3 is 6.09 Å². The number of carbonyl (C=O) groups excluding carboxylic acids is 1. The summed E-state index contributed by atoms with van der Waals surface area (Å²) in [5.74, 6) is -1.35. The Morgan fingerprint density at radius 3 is 2.35 bits per heavy atom. The van der Waals surface area contributed by atoms with Crippen molar-refractivity contribution < 1.29 is 27.5 Å². The van der Waals surface area contributed by atoms with E-state index in [0.29, 0.717) is 5.52 Å². The fourth-order valence-corrected chi connectivity index (χ4v) is 4.54. The van der Waals surface area contributed by atoms with Crippen molar-refractivity contribution in [2.24, 2.45) is 5.73 Å². The maximum atomic E-state index is 14.3. The summed E-state index contributed by atoms with van der Waals surface area (Å²) in [6.45, 7) is 3.43. The molecule has 0 saturated heterocycles. The van der Waals surface area contributed by atoms with Crippen LogP contribution in [0.5, 0.6) is 0 Å². The molecule has 6 N–H and O–H groups in total. The number of rotatable bonds is 5. The van der Waals surface area contributed by atoms with Crippen LogP contribution in [-0.2, 0) is 14.6 Å². The molecule has 0 radical (unpaired) electrons.